The van der Waals surface area contributed by atoms with Gasteiger partial charge in [-0.2, -0.15) is 0 Å². The Hall–Kier alpha value is -3.21. The molecule has 0 saturated carbocycles. The average molecular weight is 362 g/mol. The molecule has 0 saturated heterocycles. The molecule has 2 aromatic carbocycles. The van der Waals surface area contributed by atoms with Crippen LogP contribution in [0.1, 0.15) is 27.9 Å². The van der Waals surface area contributed by atoms with Crippen LogP contribution >= 0.6 is 0 Å². The van der Waals surface area contributed by atoms with Gasteiger partial charge in [0, 0.05) is 24.5 Å². The lowest BCUT2D eigenvalue weighted by molar-refractivity contribution is 0.0984. The molecule has 136 valence electrons. The van der Waals surface area contributed by atoms with Gasteiger partial charge in [-0.15, -0.1) is 0 Å². The zero-order chi connectivity index (χ0) is 18.8. The van der Waals surface area contributed by atoms with E-state index >= 15 is 0 Å². The van der Waals surface area contributed by atoms with Crippen molar-refractivity contribution >= 4 is 11.6 Å². The molecule has 1 aliphatic heterocycles. The number of amides is 1. The quantitative estimate of drug-likeness (QED) is 0.714. The van der Waals surface area contributed by atoms with E-state index in [2.05, 4.69) is 0 Å². The van der Waals surface area contributed by atoms with Gasteiger partial charge in [-0.1, -0.05) is 30.3 Å². The zero-order valence-corrected chi connectivity index (χ0v) is 14.8. The smallest absolute Gasteiger partial charge is 0.259 e. The Labute approximate surface area is 156 Å². The monoisotopic (exact) mass is 362 g/mol. The van der Waals surface area contributed by atoms with E-state index in [4.69, 9.17) is 0 Å². The highest BCUT2D eigenvalue weighted by Gasteiger charge is 2.23. The Balaban J connectivity index is 1.65. The Kier molecular flexibility index (Phi) is 4.59. The summed E-state index contributed by atoms with van der Waals surface area (Å²) in [4.78, 5) is 27.1. The van der Waals surface area contributed by atoms with Crippen LogP contribution in [0.5, 0.6) is 0 Å². The number of anilines is 1. The van der Waals surface area contributed by atoms with E-state index < -0.39 is 0 Å². The van der Waals surface area contributed by atoms with Gasteiger partial charge in [0.15, 0.2) is 0 Å². The number of pyridine rings is 1. The van der Waals surface area contributed by atoms with Crippen molar-refractivity contribution in [2.24, 2.45) is 0 Å². The van der Waals surface area contributed by atoms with E-state index in [1.165, 1.54) is 22.8 Å². The van der Waals surface area contributed by atoms with Crippen LogP contribution in [0.3, 0.4) is 0 Å². The van der Waals surface area contributed by atoms with Crippen LogP contribution in [-0.4, -0.2) is 17.0 Å². The number of para-hydroxylation sites is 1. The van der Waals surface area contributed by atoms with Crippen molar-refractivity contribution in [3.8, 4) is 0 Å². The van der Waals surface area contributed by atoms with Gasteiger partial charge in [0.25, 0.3) is 11.5 Å². The maximum atomic E-state index is 13.4. The fourth-order valence-corrected chi connectivity index (χ4v) is 3.51. The normalized spacial score (nSPS) is 13.3. The van der Waals surface area contributed by atoms with Gasteiger partial charge in [0.2, 0.25) is 0 Å². The van der Waals surface area contributed by atoms with E-state index in [0.29, 0.717) is 17.7 Å². The average Bonchev–Trinajstić information content (AvgIpc) is 2.69. The van der Waals surface area contributed by atoms with Gasteiger partial charge >= 0.3 is 0 Å². The molecule has 5 heteroatoms. The Morgan fingerprint density at radius 3 is 2.74 bits per heavy atom. The minimum atomic E-state index is -0.349. The number of nitrogens with zero attached hydrogens (tertiary/aromatic N) is 2. The van der Waals surface area contributed by atoms with Crippen LogP contribution in [0.4, 0.5) is 10.1 Å². The molecule has 3 aromatic rings. The van der Waals surface area contributed by atoms with E-state index in [1.54, 1.807) is 29.3 Å². The second-order valence-corrected chi connectivity index (χ2v) is 6.70. The van der Waals surface area contributed by atoms with Crippen LogP contribution in [0.2, 0.25) is 0 Å². The highest BCUT2D eigenvalue weighted by atomic mass is 19.1. The molecule has 0 bridgehead atoms. The number of aromatic nitrogens is 1. The van der Waals surface area contributed by atoms with Crippen molar-refractivity contribution in [1.29, 1.82) is 0 Å². The number of hydrogen-bond donors (Lipinski definition) is 0. The third kappa shape index (κ3) is 3.53. The van der Waals surface area contributed by atoms with Gasteiger partial charge in [-0.25, -0.2) is 4.39 Å². The predicted molar refractivity (Wildman–Crippen MR) is 103 cm³/mol. The predicted octanol–water partition coefficient (Wildman–Crippen LogP) is 3.63. The van der Waals surface area contributed by atoms with Gasteiger partial charge in [-0.05, 0) is 48.2 Å². The molecule has 1 aliphatic rings. The molecule has 27 heavy (non-hydrogen) atoms. The summed E-state index contributed by atoms with van der Waals surface area (Å²) in [6.45, 7) is 0.868. The summed E-state index contributed by atoms with van der Waals surface area (Å²) >= 11 is 0. The standard InChI is InChI=1S/C22H19FN2O2/c23-19-8-3-5-16(13-19)14-24-15-18(10-11-21(24)26)22(27)25-12-4-7-17-6-1-2-9-20(17)25/h1-3,5-6,8-11,13,15H,4,7,12,14H2. The van der Waals surface area contributed by atoms with Crippen molar-refractivity contribution < 1.29 is 9.18 Å². The molecule has 0 radical (unpaired) electrons. The summed E-state index contributed by atoms with van der Waals surface area (Å²) in [7, 11) is 0. The Bertz CT molecular complexity index is 1060. The number of carbonyl (C=O) groups excluding carboxylic acids is 1. The molecule has 0 N–H and O–H groups in total. The van der Waals surface area contributed by atoms with Crippen molar-refractivity contribution in [3.63, 3.8) is 0 Å². The molecule has 0 spiro atoms. The van der Waals surface area contributed by atoms with Gasteiger partial charge in [0.1, 0.15) is 5.82 Å². The summed E-state index contributed by atoms with van der Waals surface area (Å²) in [5.74, 6) is -0.479. The molecule has 1 aromatic heterocycles. The number of fused-ring (bicyclic) bond motifs is 1. The third-order valence-corrected chi connectivity index (χ3v) is 4.83. The largest absolute Gasteiger partial charge is 0.310 e. The summed E-state index contributed by atoms with van der Waals surface area (Å²) < 4.78 is 14.9. The number of carbonyl (C=O) groups is 1. The lowest BCUT2D eigenvalue weighted by atomic mass is 10.0. The molecule has 0 unspecified atom stereocenters. The summed E-state index contributed by atoms with van der Waals surface area (Å²) in [6.07, 6.45) is 3.43. The van der Waals surface area contributed by atoms with E-state index in [1.807, 2.05) is 24.3 Å². The SMILES string of the molecule is O=C(c1ccc(=O)n(Cc2cccc(F)c2)c1)N1CCCc2ccccc21. The summed E-state index contributed by atoms with van der Waals surface area (Å²) in [5.41, 5.74) is 2.98. The second kappa shape index (κ2) is 7.19. The number of benzene rings is 2. The van der Waals surface area contributed by atoms with Gasteiger partial charge in [-0.3, -0.25) is 9.59 Å². The molecule has 2 heterocycles. The minimum Gasteiger partial charge on any atom is -0.310 e. The molecular formula is C22H19FN2O2. The number of aryl methyl sites for hydroxylation is 1. The lowest BCUT2D eigenvalue weighted by Crippen LogP contribution is -2.36. The number of hydrogen-bond acceptors (Lipinski definition) is 2. The fraction of sp³-hybridized carbons (Fsp3) is 0.182. The van der Waals surface area contributed by atoms with E-state index in [0.717, 1.165) is 24.1 Å². The second-order valence-electron chi connectivity index (χ2n) is 6.70. The van der Waals surface area contributed by atoms with Crippen LogP contribution in [0.15, 0.2) is 71.7 Å². The zero-order valence-electron chi connectivity index (χ0n) is 14.8. The lowest BCUT2D eigenvalue weighted by Gasteiger charge is -2.29. The molecule has 4 rings (SSSR count). The van der Waals surface area contributed by atoms with Crippen LogP contribution < -0.4 is 10.5 Å². The molecule has 1 amide bonds. The summed E-state index contributed by atoms with van der Waals surface area (Å²) in [5, 5.41) is 0. The molecule has 0 atom stereocenters. The first kappa shape index (κ1) is 17.2. The maximum Gasteiger partial charge on any atom is 0.259 e. The topological polar surface area (TPSA) is 42.3 Å². The van der Waals surface area contributed by atoms with Crippen molar-refractivity contribution in [1.82, 2.24) is 4.57 Å². The first-order valence-electron chi connectivity index (χ1n) is 8.96. The van der Waals surface area contributed by atoms with Crippen LogP contribution in [0.25, 0.3) is 0 Å². The fourth-order valence-electron chi connectivity index (χ4n) is 3.51. The van der Waals surface area contributed by atoms with Crippen LogP contribution in [-0.2, 0) is 13.0 Å². The minimum absolute atomic E-state index is 0.129. The highest BCUT2D eigenvalue weighted by molar-refractivity contribution is 6.06. The number of rotatable bonds is 3. The molecular weight excluding hydrogens is 343 g/mol. The van der Waals surface area contributed by atoms with Crippen molar-refractivity contribution in [3.05, 3.63) is 99.7 Å². The molecule has 4 nitrogen and oxygen atoms in total. The van der Waals surface area contributed by atoms with Crippen molar-refractivity contribution in [2.45, 2.75) is 19.4 Å². The van der Waals surface area contributed by atoms with Gasteiger partial charge in [0.05, 0.1) is 12.1 Å². The van der Waals surface area contributed by atoms with Crippen molar-refractivity contribution in [2.75, 3.05) is 11.4 Å². The molecule has 0 aliphatic carbocycles. The third-order valence-electron chi connectivity index (χ3n) is 4.83. The Morgan fingerprint density at radius 2 is 1.89 bits per heavy atom. The van der Waals surface area contributed by atoms with Crippen LogP contribution in [0, 0.1) is 5.82 Å². The number of halogens is 1. The first-order chi connectivity index (χ1) is 13.1. The maximum absolute atomic E-state index is 13.4. The first-order valence-corrected chi connectivity index (χ1v) is 8.96. The molecule has 0 fully saturated rings. The van der Waals surface area contributed by atoms with Gasteiger partial charge < -0.3 is 9.47 Å². The Morgan fingerprint density at radius 1 is 1.04 bits per heavy atom. The van der Waals surface area contributed by atoms with E-state index in [9.17, 15) is 14.0 Å². The summed E-state index contributed by atoms with van der Waals surface area (Å²) in [6, 6.07) is 17.0. The van der Waals surface area contributed by atoms with E-state index in [-0.39, 0.29) is 23.8 Å². The highest BCUT2D eigenvalue weighted by Crippen LogP contribution is 2.27.